The van der Waals surface area contributed by atoms with Crippen LogP contribution >= 0.6 is 23.5 Å². The van der Waals surface area contributed by atoms with Crippen molar-refractivity contribution in [1.82, 2.24) is 14.8 Å². The standard InChI is InChI=1S/C13H21N3O2S2/c1-3-11-14-15-13(20-8-12(17)18)16(11)9-4-6-10(19-2)7-5-9/h9-10H,3-8H2,1-2H3,(H,17,18). The molecule has 0 unspecified atom stereocenters. The van der Waals surface area contributed by atoms with Crippen molar-refractivity contribution >= 4 is 29.5 Å². The molecule has 2 rings (SSSR count). The highest BCUT2D eigenvalue weighted by atomic mass is 32.2. The fraction of sp³-hybridized carbons (Fsp3) is 0.769. The highest BCUT2D eigenvalue weighted by Gasteiger charge is 2.26. The van der Waals surface area contributed by atoms with Crippen LogP contribution in [0.2, 0.25) is 0 Å². The molecule has 0 amide bonds. The molecule has 0 radical (unpaired) electrons. The van der Waals surface area contributed by atoms with E-state index in [0.29, 0.717) is 6.04 Å². The summed E-state index contributed by atoms with van der Waals surface area (Å²) in [5.41, 5.74) is 0. The van der Waals surface area contributed by atoms with E-state index in [1.807, 2.05) is 11.8 Å². The van der Waals surface area contributed by atoms with Gasteiger partial charge < -0.3 is 9.67 Å². The van der Waals surface area contributed by atoms with Crippen LogP contribution in [0, 0.1) is 0 Å². The van der Waals surface area contributed by atoms with Gasteiger partial charge in [0, 0.05) is 17.7 Å². The minimum Gasteiger partial charge on any atom is -0.481 e. The molecular weight excluding hydrogens is 294 g/mol. The second kappa shape index (κ2) is 7.36. The summed E-state index contributed by atoms with van der Waals surface area (Å²) in [6.07, 6.45) is 7.72. The van der Waals surface area contributed by atoms with Gasteiger partial charge in [0.1, 0.15) is 5.82 Å². The maximum absolute atomic E-state index is 10.7. The number of aliphatic carboxylic acids is 1. The van der Waals surface area contributed by atoms with Gasteiger partial charge in [-0.1, -0.05) is 18.7 Å². The van der Waals surface area contributed by atoms with Crippen LogP contribution in [0.4, 0.5) is 0 Å². The van der Waals surface area contributed by atoms with Crippen molar-refractivity contribution in [3.05, 3.63) is 5.82 Å². The third-order valence-corrected chi connectivity index (χ3v) is 5.78. The van der Waals surface area contributed by atoms with E-state index in [-0.39, 0.29) is 5.75 Å². The van der Waals surface area contributed by atoms with Crippen molar-refractivity contribution in [2.24, 2.45) is 0 Å². The van der Waals surface area contributed by atoms with Gasteiger partial charge in [0.15, 0.2) is 5.16 Å². The number of aryl methyl sites for hydroxylation is 1. The lowest BCUT2D eigenvalue weighted by molar-refractivity contribution is -0.133. The number of hydrogen-bond donors (Lipinski definition) is 1. The summed E-state index contributed by atoms with van der Waals surface area (Å²) >= 11 is 3.23. The Kier molecular flexibility index (Phi) is 5.77. The van der Waals surface area contributed by atoms with Gasteiger partial charge in [-0.25, -0.2) is 0 Å². The predicted molar refractivity (Wildman–Crippen MR) is 82.6 cm³/mol. The van der Waals surface area contributed by atoms with E-state index in [9.17, 15) is 4.79 Å². The van der Waals surface area contributed by atoms with Crippen LogP contribution in [-0.2, 0) is 11.2 Å². The number of rotatable bonds is 6. The van der Waals surface area contributed by atoms with E-state index in [1.165, 1.54) is 24.6 Å². The lowest BCUT2D eigenvalue weighted by atomic mass is 9.94. The average molecular weight is 315 g/mol. The molecule has 0 spiro atoms. The largest absolute Gasteiger partial charge is 0.481 e. The zero-order valence-electron chi connectivity index (χ0n) is 11.9. The normalized spacial score (nSPS) is 22.9. The summed E-state index contributed by atoms with van der Waals surface area (Å²) in [5.74, 6) is 0.210. The molecule has 1 saturated carbocycles. The molecule has 0 atom stereocenters. The monoisotopic (exact) mass is 315 g/mol. The Morgan fingerprint density at radius 2 is 2.05 bits per heavy atom. The Balaban J connectivity index is 2.12. The Morgan fingerprint density at radius 3 is 2.60 bits per heavy atom. The van der Waals surface area contributed by atoms with Gasteiger partial charge >= 0.3 is 5.97 Å². The van der Waals surface area contributed by atoms with Crippen molar-refractivity contribution < 1.29 is 9.90 Å². The minimum absolute atomic E-state index is 0.0437. The number of thioether (sulfide) groups is 2. The van der Waals surface area contributed by atoms with Gasteiger partial charge in [-0.3, -0.25) is 4.79 Å². The molecule has 0 aromatic carbocycles. The molecule has 1 heterocycles. The van der Waals surface area contributed by atoms with Crippen LogP contribution in [-0.4, -0.2) is 43.1 Å². The zero-order chi connectivity index (χ0) is 14.5. The summed E-state index contributed by atoms with van der Waals surface area (Å²) in [6, 6.07) is 0.430. The second-order valence-electron chi connectivity index (χ2n) is 4.97. The molecule has 112 valence electrons. The minimum atomic E-state index is -0.811. The topological polar surface area (TPSA) is 68.0 Å². The highest BCUT2D eigenvalue weighted by molar-refractivity contribution is 7.99. The van der Waals surface area contributed by atoms with Crippen LogP contribution in [0.5, 0.6) is 0 Å². The fourth-order valence-corrected chi connectivity index (χ4v) is 4.17. The summed E-state index contributed by atoms with van der Waals surface area (Å²) in [6.45, 7) is 2.07. The average Bonchev–Trinajstić information content (AvgIpc) is 2.88. The smallest absolute Gasteiger partial charge is 0.313 e. The molecule has 1 aromatic rings. The number of hydrogen-bond acceptors (Lipinski definition) is 5. The summed E-state index contributed by atoms with van der Waals surface area (Å²) in [5, 5.41) is 18.8. The van der Waals surface area contributed by atoms with Crippen LogP contribution in [0.1, 0.15) is 44.5 Å². The van der Waals surface area contributed by atoms with E-state index in [4.69, 9.17) is 5.11 Å². The van der Waals surface area contributed by atoms with Gasteiger partial charge in [0.2, 0.25) is 0 Å². The first-order chi connectivity index (χ1) is 9.65. The van der Waals surface area contributed by atoms with Gasteiger partial charge in [-0.05, 0) is 31.9 Å². The van der Waals surface area contributed by atoms with Gasteiger partial charge in [0.25, 0.3) is 0 Å². The predicted octanol–water partition coefficient (Wildman–Crippen LogP) is 2.86. The zero-order valence-corrected chi connectivity index (χ0v) is 13.5. The third kappa shape index (κ3) is 3.69. The molecule has 20 heavy (non-hydrogen) atoms. The van der Waals surface area contributed by atoms with Gasteiger partial charge in [-0.15, -0.1) is 10.2 Å². The second-order valence-corrected chi connectivity index (χ2v) is 7.05. The van der Waals surface area contributed by atoms with E-state index >= 15 is 0 Å². The van der Waals surface area contributed by atoms with Crippen LogP contribution in [0.3, 0.4) is 0 Å². The highest BCUT2D eigenvalue weighted by Crippen LogP contribution is 2.36. The Labute approximate surface area is 127 Å². The van der Waals surface area contributed by atoms with Crippen molar-refractivity contribution in [3.63, 3.8) is 0 Å². The third-order valence-electron chi connectivity index (χ3n) is 3.72. The van der Waals surface area contributed by atoms with Crippen molar-refractivity contribution in [3.8, 4) is 0 Å². The molecule has 5 nitrogen and oxygen atoms in total. The van der Waals surface area contributed by atoms with E-state index in [1.54, 1.807) is 0 Å². The molecule has 7 heteroatoms. The molecule has 1 fully saturated rings. The first-order valence-electron chi connectivity index (χ1n) is 6.96. The van der Waals surface area contributed by atoms with Crippen LogP contribution < -0.4 is 0 Å². The molecular formula is C13H21N3O2S2. The molecule has 1 aliphatic carbocycles. The number of nitrogens with zero attached hydrogens (tertiary/aromatic N) is 3. The van der Waals surface area contributed by atoms with Crippen LogP contribution in [0.15, 0.2) is 5.16 Å². The first kappa shape index (κ1) is 15.7. The maximum atomic E-state index is 10.7. The molecule has 1 aromatic heterocycles. The lowest BCUT2D eigenvalue weighted by Gasteiger charge is -2.29. The Morgan fingerprint density at radius 1 is 1.35 bits per heavy atom. The quantitative estimate of drug-likeness (QED) is 0.814. The van der Waals surface area contributed by atoms with E-state index in [2.05, 4.69) is 27.9 Å². The van der Waals surface area contributed by atoms with Crippen molar-refractivity contribution in [2.45, 2.75) is 55.5 Å². The number of carboxylic acids is 1. The maximum Gasteiger partial charge on any atom is 0.313 e. The van der Waals surface area contributed by atoms with Crippen LogP contribution in [0.25, 0.3) is 0 Å². The summed E-state index contributed by atoms with van der Waals surface area (Å²) < 4.78 is 2.18. The SMILES string of the molecule is CCc1nnc(SCC(=O)O)n1C1CCC(SC)CC1. The summed E-state index contributed by atoms with van der Waals surface area (Å²) in [7, 11) is 0. The number of carbonyl (C=O) groups is 1. The molecule has 0 bridgehead atoms. The molecule has 1 aliphatic rings. The van der Waals surface area contributed by atoms with Crippen molar-refractivity contribution in [2.75, 3.05) is 12.0 Å². The molecule has 0 saturated heterocycles. The summed E-state index contributed by atoms with van der Waals surface area (Å²) in [4.78, 5) is 10.7. The van der Waals surface area contributed by atoms with Crippen molar-refractivity contribution in [1.29, 1.82) is 0 Å². The number of aromatic nitrogens is 3. The Bertz CT molecular complexity index is 456. The number of carboxylic acid groups (broad SMARTS) is 1. The van der Waals surface area contributed by atoms with Gasteiger partial charge in [-0.2, -0.15) is 11.8 Å². The fourth-order valence-electron chi connectivity index (χ4n) is 2.68. The van der Waals surface area contributed by atoms with E-state index < -0.39 is 5.97 Å². The lowest BCUT2D eigenvalue weighted by Crippen LogP contribution is -2.21. The first-order valence-corrected chi connectivity index (χ1v) is 9.24. The molecule has 0 aliphatic heterocycles. The van der Waals surface area contributed by atoms with E-state index in [0.717, 1.165) is 35.5 Å². The molecule has 1 N–H and O–H groups in total. The van der Waals surface area contributed by atoms with Gasteiger partial charge in [0.05, 0.1) is 5.75 Å². The Hall–Kier alpha value is -0.690.